The number of carbonyl (C=O) groups is 1. The molecule has 0 aromatic heterocycles. The first-order chi connectivity index (χ1) is 8.15. The zero-order valence-corrected chi connectivity index (χ0v) is 12.2. The first-order valence-electron chi connectivity index (χ1n) is 6.86. The second-order valence-electron chi connectivity index (χ2n) is 7.02. The van der Waals surface area contributed by atoms with Crippen LogP contribution in [0.2, 0.25) is 0 Å². The minimum atomic E-state index is -0.984. The van der Waals surface area contributed by atoms with Crippen LogP contribution in [0, 0.1) is 11.3 Å². The van der Waals surface area contributed by atoms with Crippen LogP contribution in [0.3, 0.4) is 0 Å². The molecule has 0 radical (unpaired) electrons. The smallest absolute Gasteiger partial charge is 0.323 e. The Morgan fingerprint density at radius 2 is 2.11 bits per heavy atom. The average molecular weight is 256 g/mol. The van der Waals surface area contributed by atoms with Gasteiger partial charge in [0.15, 0.2) is 0 Å². The zero-order valence-electron chi connectivity index (χ0n) is 12.2. The molecular formula is C14H28N2O2. The molecule has 4 heteroatoms. The van der Waals surface area contributed by atoms with Gasteiger partial charge in [0.05, 0.1) is 0 Å². The molecule has 4 nitrogen and oxygen atoms in total. The maximum absolute atomic E-state index is 11.3. The van der Waals surface area contributed by atoms with E-state index in [-0.39, 0.29) is 11.3 Å². The Hall–Kier alpha value is -0.610. The van der Waals surface area contributed by atoms with E-state index in [1.807, 2.05) is 0 Å². The molecule has 0 amide bonds. The lowest BCUT2D eigenvalue weighted by atomic mass is 9.85. The molecule has 106 valence electrons. The number of aliphatic carboxylic acids is 1. The van der Waals surface area contributed by atoms with E-state index in [1.165, 1.54) is 0 Å². The quantitative estimate of drug-likeness (QED) is 0.789. The topological polar surface area (TPSA) is 66.6 Å². The Balaban J connectivity index is 2.46. The van der Waals surface area contributed by atoms with Crippen LogP contribution in [0.25, 0.3) is 0 Å². The molecule has 0 aliphatic heterocycles. The monoisotopic (exact) mass is 256 g/mol. The van der Waals surface area contributed by atoms with Crippen LogP contribution in [0.5, 0.6) is 0 Å². The summed E-state index contributed by atoms with van der Waals surface area (Å²) < 4.78 is 0. The summed E-state index contributed by atoms with van der Waals surface area (Å²) in [7, 11) is 2.10. The Morgan fingerprint density at radius 1 is 1.50 bits per heavy atom. The van der Waals surface area contributed by atoms with Crippen molar-refractivity contribution in [3.8, 4) is 0 Å². The molecule has 0 aromatic carbocycles. The van der Waals surface area contributed by atoms with Crippen LogP contribution in [0.15, 0.2) is 0 Å². The normalized spacial score (nSPS) is 28.9. The van der Waals surface area contributed by atoms with Gasteiger partial charge in [0.2, 0.25) is 0 Å². The SMILES string of the molecule is CN(CCC1CCCC1(N)C(=O)O)CC(C)(C)C. The lowest BCUT2D eigenvalue weighted by Crippen LogP contribution is -2.51. The fraction of sp³-hybridized carbons (Fsp3) is 0.929. The van der Waals surface area contributed by atoms with Crippen molar-refractivity contribution in [1.82, 2.24) is 4.90 Å². The van der Waals surface area contributed by atoms with Crippen LogP contribution in [0.4, 0.5) is 0 Å². The maximum atomic E-state index is 11.3. The van der Waals surface area contributed by atoms with E-state index in [0.29, 0.717) is 6.42 Å². The molecule has 3 N–H and O–H groups in total. The Labute approximate surface area is 111 Å². The van der Waals surface area contributed by atoms with Crippen molar-refractivity contribution in [3.05, 3.63) is 0 Å². The van der Waals surface area contributed by atoms with Crippen molar-refractivity contribution in [2.75, 3.05) is 20.1 Å². The molecule has 0 spiro atoms. The van der Waals surface area contributed by atoms with Gasteiger partial charge in [-0.05, 0) is 44.2 Å². The van der Waals surface area contributed by atoms with Gasteiger partial charge in [-0.25, -0.2) is 0 Å². The number of hydrogen-bond acceptors (Lipinski definition) is 3. The highest BCUT2D eigenvalue weighted by atomic mass is 16.4. The molecule has 2 unspecified atom stereocenters. The van der Waals surface area contributed by atoms with Crippen LogP contribution in [-0.2, 0) is 4.79 Å². The molecule has 1 fully saturated rings. The Bertz CT molecular complexity index is 299. The van der Waals surface area contributed by atoms with E-state index in [9.17, 15) is 9.90 Å². The Kier molecular flexibility index (Phi) is 4.78. The summed E-state index contributed by atoms with van der Waals surface area (Å²) >= 11 is 0. The van der Waals surface area contributed by atoms with E-state index in [0.717, 1.165) is 32.4 Å². The van der Waals surface area contributed by atoms with Gasteiger partial charge >= 0.3 is 5.97 Å². The molecule has 1 rings (SSSR count). The van der Waals surface area contributed by atoms with Crippen LogP contribution in [0.1, 0.15) is 46.5 Å². The van der Waals surface area contributed by atoms with Crippen molar-refractivity contribution in [1.29, 1.82) is 0 Å². The molecule has 2 atom stereocenters. The summed E-state index contributed by atoms with van der Waals surface area (Å²) in [5, 5.41) is 9.26. The number of rotatable bonds is 5. The molecule has 1 aliphatic rings. The fourth-order valence-corrected chi connectivity index (χ4v) is 3.05. The molecule has 18 heavy (non-hydrogen) atoms. The predicted octanol–water partition coefficient (Wildman–Crippen LogP) is 1.94. The number of carboxylic acids is 1. The molecule has 1 saturated carbocycles. The summed E-state index contributed by atoms with van der Waals surface area (Å²) in [5.74, 6) is -0.708. The van der Waals surface area contributed by atoms with E-state index >= 15 is 0 Å². The minimum absolute atomic E-state index is 0.123. The third-order valence-electron chi connectivity index (χ3n) is 3.87. The standard InChI is InChI=1S/C14H28N2O2/c1-13(2,3)10-16(4)9-7-11-6-5-8-14(11,15)12(17)18/h11H,5-10,15H2,1-4H3,(H,17,18). The lowest BCUT2D eigenvalue weighted by molar-refractivity contribution is -0.144. The zero-order chi connectivity index (χ0) is 14.0. The largest absolute Gasteiger partial charge is 0.480 e. The molecule has 1 aliphatic carbocycles. The molecule has 0 aromatic rings. The number of hydrogen-bond donors (Lipinski definition) is 2. The Morgan fingerprint density at radius 3 is 2.61 bits per heavy atom. The van der Waals surface area contributed by atoms with Gasteiger partial charge in [0.1, 0.15) is 5.54 Å². The van der Waals surface area contributed by atoms with Crippen molar-refractivity contribution in [2.45, 2.75) is 52.0 Å². The lowest BCUT2D eigenvalue weighted by Gasteiger charge is -2.30. The minimum Gasteiger partial charge on any atom is -0.480 e. The van der Waals surface area contributed by atoms with Gasteiger partial charge < -0.3 is 15.7 Å². The van der Waals surface area contributed by atoms with Gasteiger partial charge in [0, 0.05) is 6.54 Å². The third-order valence-corrected chi connectivity index (χ3v) is 3.87. The van der Waals surface area contributed by atoms with Crippen LogP contribution in [-0.4, -0.2) is 41.7 Å². The van der Waals surface area contributed by atoms with Crippen molar-refractivity contribution in [3.63, 3.8) is 0 Å². The highest BCUT2D eigenvalue weighted by Gasteiger charge is 2.45. The van der Waals surface area contributed by atoms with Crippen molar-refractivity contribution < 1.29 is 9.90 Å². The van der Waals surface area contributed by atoms with Gasteiger partial charge in [-0.2, -0.15) is 0 Å². The molecular weight excluding hydrogens is 228 g/mol. The van der Waals surface area contributed by atoms with Crippen molar-refractivity contribution >= 4 is 5.97 Å². The van der Waals surface area contributed by atoms with E-state index in [2.05, 4.69) is 32.7 Å². The molecule has 0 heterocycles. The van der Waals surface area contributed by atoms with Gasteiger partial charge in [-0.15, -0.1) is 0 Å². The summed E-state index contributed by atoms with van der Waals surface area (Å²) in [5.41, 5.74) is 5.33. The van der Waals surface area contributed by atoms with Crippen LogP contribution >= 0.6 is 0 Å². The van der Waals surface area contributed by atoms with E-state index in [4.69, 9.17) is 5.73 Å². The number of carboxylic acid groups (broad SMARTS) is 1. The second kappa shape index (κ2) is 5.57. The first-order valence-corrected chi connectivity index (χ1v) is 6.86. The predicted molar refractivity (Wildman–Crippen MR) is 73.5 cm³/mol. The van der Waals surface area contributed by atoms with E-state index in [1.54, 1.807) is 0 Å². The highest BCUT2D eigenvalue weighted by Crippen LogP contribution is 2.36. The van der Waals surface area contributed by atoms with E-state index < -0.39 is 11.5 Å². The van der Waals surface area contributed by atoms with Crippen LogP contribution < -0.4 is 5.73 Å². The maximum Gasteiger partial charge on any atom is 0.323 e. The van der Waals surface area contributed by atoms with Gasteiger partial charge in [-0.3, -0.25) is 4.79 Å². The summed E-state index contributed by atoms with van der Waals surface area (Å²) in [6.07, 6.45) is 3.40. The average Bonchev–Trinajstić information content (AvgIpc) is 2.55. The number of nitrogens with two attached hydrogens (primary N) is 1. The number of nitrogens with zero attached hydrogens (tertiary/aromatic N) is 1. The molecule has 0 bridgehead atoms. The summed E-state index contributed by atoms with van der Waals surface area (Å²) in [4.78, 5) is 13.5. The van der Waals surface area contributed by atoms with Gasteiger partial charge in [0.25, 0.3) is 0 Å². The van der Waals surface area contributed by atoms with Gasteiger partial charge in [-0.1, -0.05) is 27.2 Å². The van der Waals surface area contributed by atoms with Crippen molar-refractivity contribution in [2.24, 2.45) is 17.1 Å². The highest BCUT2D eigenvalue weighted by molar-refractivity contribution is 5.79. The first kappa shape index (κ1) is 15.4. The summed E-state index contributed by atoms with van der Waals surface area (Å²) in [6.45, 7) is 8.58. The second-order valence-corrected chi connectivity index (χ2v) is 7.02. The molecule has 0 saturated heterocycles. The summed E-state index contributed by atoms with van der Waals surface area (Å²) in [6, 6.07) is 0. The third kappa shape index (κ3) is 3.95. The fourth-order valence-electron chi connectivity index (χ4n) is 3.05.